The number of ether oxygens (including phenoxy) is 3. The van der Waals surface area contributed by atoms with Gasteiger partial charge in [0, 0.05) is 23.3 Å². The molecule has 7 atom stereocenters. The number of carboxylic acid groups (broad SMARTS) is 1. The molecule has 0 radical (unpaired) electrons. The number of alkyl halides is 3. The maximum atomic E-state index is 15.4. The van der Waals surface area contributed by atoms with Crippen LogP contribution in [0.15, 0.2) is 54.6 Å². The molecular weight excluding hydrogens is 903 g/mol. The average molecular weight is 960 g/mol. The molecule has 20 heteroatoms. The predicted molar refractivity (Wildman–Crippen MR) is 238 cm³/mol. The van der Waals surface area contributed by atoms with Crippen LogP contribution in [0.2, 0.25) is 0 Å². The molecule has 4 amide bonds. The number of carbonyl (C=O) groups is 4. The summed E-state index contributed by atoms with van der Waals surface area (Å²) in [6, 6.07) is 7.47. The summed E-state index contributed by atoms with van der Waals surface area (Å²) in [6.07, 6.45) is -3.62. The molecule has 3 aromatic rings. The second kappa shape index (κ2) is 18.4. The Kier molecular flexibility index (Phi) is 13.6. The first-order chi connectivity index (χ1) is 31.4. The highest BCUT2D eigenvalue weighted by molar-refractivity contribution is 7.91. The zero-order chi connectivity index (χ0) is 49.0. The number of hydrogen-bond acceptors (Lipinski definition) is 10. The van der Waals surface area contributed by atoms with Crippen LogP contribution in [0.25, 0.3) is 22.0 Å². The molecule has 2 aliphatic carbocycles. The summed E-state index contributed by atoms with van der Waals surface area (Å²) < 4.78 is 106. The van der Waals surface area contributed by atoms with Crippen LogP contribution in [0.5, 0.6) is 17.4 Å². The van der Waals surface area contributed by atoms with Crippen LogP contribution >= 0.6 is 0 Å². The normalized spacial score (nSPS) is 26.2. The summed E-state index contributed by atoms with van der Waals surface area (Å²) in [6.45, 7) is 7.74. The first-order valence-electron chi connectivity index (χ1n) is 22.4. The van der Waals surface area contributed by atoms with Crippen molar-refractivity contribution in [2.45, 2.75) is 133 Å². The minimum atomic E-state index is -5.14. The Labute approximate surface area is 386 Å². The van der Waals surface area contributed by atoms with Crippen molar-refractivity contribution in [3.8, 4) is 28.6 Å². The number of nitrogens with zero attached hydrogens (tertiary/aromatic N) is 3. The van der Waals surface area contributed by atoms with Crippen molar-refractivity contribution in [1.29, 1.82) is 0 Å². The van der Waals surface area contributed by atoms with E-state index in [2.05, 4.69) is 10.0 Å². The predicted octanol–water partition coefficient (Wildman–Crippen LogP) is 7.37. The van der Waals surface area contributed by atoms with E-state index in [1.165, 1.54) is 26.2 Å². The monoisotopic (exact) mass is 959 g/mol. The van der Waals surface area contributed by atoms with Crippen molar-refractivity contribution >= 4 is 44.6 Å². The molecule has 3 heterocycles. The van der Waals surface area contributed by atoms with E-state index >= 15 is 9.18 Å². The highest BCUT2D eigenvalue weighted by Crippen LogP contribution is 2.47. The second-order valence-electron chi connectivity index (χ2n) is 19.1. The Morgan fingerprint density at radius 3 is 2.39 bits per heavy atom. The number of nitrogens with one attached hydrogen (secondary N) is 2. The molecule has 4 aliphatic rings. The summed E-state index contributed by atoms with van der Waals surface area (Å²) in [4.78, 5) is 62.9. The van der Waals surface area contributed by atoms with Gasteiger partial charge in [-0.25, -0.2) is 22.6 Å². The number of fused-ring (bicyclic) bond motifs is 3. The van der Waals surface area contributed by atoms with E-state index < -0.39 is 98.7 Å². The van der Waals surface area contributed by atoms with E-state index in [4.69, 9.17) is 19.2 Å². The summed E-state index contributed by atoms with van der Waals surface area (Å²) in [5.74, 6) is -5.07. The Bertz CT molecular complexity index is 2570. The summed E-state index contributed by atoms with van der Waals surface area (Å²) in [5.41, 5.74) is -4.26. The quantitative estimate of drug-likeness (QED) is 0.128. The fraction of sp³-hybridized carbons (Fsp3) is 0.553. The highest BCUT2D eigenvalue weighted by atomic mass is 32.2. The zero-order valence-corrected chi connectivity index (χ0v) is 39.2. The van der Waals surface area contributed by atoms with Crippen LogP contribution < -0.4 is 24.2 Å². The Morgan fingerprint density at radius 1 is 1.04 bits per heavy atom. The molecule has 15 nitrogen and oxygen atoms in total. The molecule has 7 rings (SSSR count). The molecule has 0 unspecified atom stereocenters. The number of aromatic nitrogens is 1. The van der Waals surface area contributed by atoms with Gasteiger partial charge in [0.2, 0.25) is 27.7 Å². The van der Waals surface area contributed by atoms with Gasteiger partial charge in [0.15, 0.2) is 11.6 Å². The lowest BCUT2D eigenvalue weighted by Gasteiger charge is -2.45. The minimum Gasteiger partial charge on any atom is -0.497 e. The number of rotatable bonds is 11. The van der Waals surface area contributed by atoms with Crippen molar-refractivity contribution in [3.05, 3.63) is 60.4 Å². The molecular formula is C47H57F4N5O10S. The maximum Gasteiger partial charge on any atom is 0.411 e. The molecule has 67 heavy (non-hydrogen) atoms. The number of pyridine rings is 1. The molecule has 3 fully saturated rings. The molecule has 2 aliphatic heterocycles. The van der Waals surface area contributed by atoms with E-state index in [1.54, 1.807) is 56.3 Å². The van der Waals surface area contributed by atoms with Gasteiger partial charge in [-0.15, -0.1) is 0 Å². The third-order valence-corrected chi connectivity index (χ3v) is 15.0. The van der Waals surface area contributed by atoms with Gasteiger partial charge in [0.05, 0.1) is 30.7 Å². The van der Waals surface area contributed by atoms with Crippen LogP contribution in [0.3, 0.4) is 0 Å². The van der Waals surface area contributed by atoms with Gasteiger partial charge in [-0.3, -0.25) is 24.0 Å². The molecule has 2 aromatic carbocycles. The van der Waals surface area contributed by atoms with Crippen LogP contribution in [0, 0.1) is 23.6 Å². The molecule has 3 N–H and O–H groups in total. The van der Waals surface area contributed by atoms with E-state index in [9.17, 15) is 41.1 Å². The van der Waals surface area contributed by atoms with Crippen molar-refractivity contribution < 1.29 is 64.5 Å². The van der Waals surface area contributed by atoms with Crippen LogP contribution in [-0.4, -0.2) is 113 Å². The van der Waals surface area contributed by atoms with Crippen LogP contribution in [0.4, 0.5) is 22.4 Å². The van der Waals surface area contributed by atoms with E-state index in [-0.39, 0.29) is 53.5 Å². The Morgan fingerprint density at radius 2 is 1.76 bits per heavy atom. The maximum absolute atomic E-state index is 15.4. The molecule has 0 bridgehead atoms. The summed E-state index contributed by atoms with van der Waals surface area (Å²) >= 11 is 0. The number of amides is 4. The standard InChI is InChI=1S/C47H57F4N5O10S/c1-25(2)65-38-17-12-28(20-35(38)48)36-21-29-19-31(64-7)13-16-34(29)41(52-36)66-32-22-37-40(57)53-46(43(59)54-67(62,63)33-14-15-33)23-30(46)11-9-8-10-26(3)18-27(4)39(42(58)55(37)24-32)56(44(60)61)45(5,6)47(49,50)51/h9,11-13,16-17,19-21,25-27,30,32-33,37,39H,8,10,14-15,18,22-24H2,1-7H3,(H,53,57)(H,54,59)(H,60,61)/t26-,27+,30+,32+,37-,39-,46+/m0/s1. The number of methoxy groups -OCH3 is 1. The second-order valence-corrected chi connectivity index (χ2v) is 21.1. The van der Waals surface area contributed by atoms with Gasteiger partial charge in [-0.05, 0) is 126 Å². The SMILES string of the molecule is COc1ccc2c(O[C@@H]3C[C@H]4C(=O)N[C@]5(C(=O)NS(=O)(=O)C6CC6)C[C@H]5C=CCC[C@H](C)C[C@@H](C)[C@H](N(C(=O)O)C(C)(C)C(F)(F)F)C(=O)N4C3)nc(-c3ccc(OC(C)C)c(F)c3)cc2c1. The van der Waals surface area contributed by atoms with Crippen LogP contribution in [0.1, 0.15) is 86.5 Å². The first-order valence-corrected chi connectivity index (χ1v) is 24.0. The van der Waals surface area contributed by atoms with Gasteiger partial charge in [-0.1, -0.05) is 26.0 Å². The first kappa shape index (κ1) is 49.3. The molecule has 1 saturated heterocycles. The van der Waals surface area contributed by atoms with Gasteiger partial charge in [0.25, 0.3) is 5.91 Å². The average Bonchev–Trinajstić information content (AvgIpc) is 4.17. The fourth-order valence-corrected chi connectivity index (χ4v) is 10.6. The molecule has 1 aromatic heterocycles. The molecule has 2 saturated carbocycles. The number of allylic oxidation sites excluding steroid dienone is 1. The molecule has 364 valence electrons. The smallest absolute Gasteiger partial charge is 0.411 e. The number of hydrogen-bond donors (Lipinski definition) is 3. The number of halogens is 4. The summed E-state index contributed by atoms with van der Waals surface area (Å²) in [7, 11) is -2.60. The zero-order valence-electron chi connectivity index (χ0n) is 38.4. The van der Waals surface area contributed by atoms with Crippen molar-refractivity contribution in [2.24, 2.45) is 17.8 Å². The number of benzene rings is 2. The highest BCUT2D eigenvalue weighted by Gasteiger charge is 2.63. The Balaban J connectivity index is 1.32. The fourth-order valence-electron chi connectivity index (χ4n) is 9.22. The number of carbonyl (C=O) groups excluding carboxylic acids is 3. The van der Waals surface area contributed by atoms with Gasteiger partial charge in [0.1, 0.15) is 35.0 Å². The minimum absolute atomic E-state index is 0.0148. The largest absolute Gasteiger partial charge is 0.497 e. The van der Waals surface area contributed by atoms with E-state index in [0.717, 1.165) is 4.90 Å². The summed E-state index contributed by atoms with van der Waals surface area (Å²) in [5, 5.41) is 13.5. The lowest BCUT2D eigenvalue weighted by molar-refractivity contribution is -0.222. The van der Waals surface area contributed by atoms with Crippen molar-refractivity contribution in [3.63, 3.8) is 0 Å². The molecule has 0 spiro atoms. The van der Waals surface area contributed by atoms with Crippen LogP contribution in [-0.2, 0) is 24.4 Å². The third kappa shape index (κ3) is 10.1. The lowest BCUT2D eigenvalue weighted by atomic mass is 9.85. The van der Waals surface area contributed by atoms with E-state index in [1.807, 2.05) is 6.92 Å². The van der Waals surface area contributed by atoms with Gasteiger partial charge >= 0.3 is 12.3 Å². The topological polar surface area (TPSA) is 194 Å². The Hall–Kier alpha value is -5.66. The van der Waals surface area contributed by atoms with Gasteiger partial charge in [-0.2, -0.15) is 13.2 Å². The van der Waals surface area contributed by atoms with Gasteiger partial charge < -0.3 is 29.5 Å². The third-order valence-electron chi connectivity index (χ3n) is 13.2. The van der Waals surface area contributed by atoms with E-state index in [0.29, 0.717) is 61.6 Å². The van der Waals surface area contributed by atoms with Crippen molar-refractivity contribution in [2.75, 3.05) is 13.7 Å². The number of sulfonamides is 1. The van der Waals surface area contributed by atoms with Crippen molar-refractivity contribution in [1.82, 2.24) is 24.8 Å². The lowest BCUT2D eigenvalue weighted by Crippen LogP contribution is -2.66.